The summed E-state index contributed by atoms with van der Waals surface area (Å²) in [6.45, 7) is 9.15. The zero-order valence-electron chi connectivity index (χ0n) is 14.6. The highest BCUT2D eigenvalue weighted by molar-refractivity contribution is 6.26. The molecule has 1 saturated heterocycles. The van der Waals surface area contributed by atoms with Crippen LogP contribution in [0.1, 0.15) is 67.7 Å². The predicted octanol–water partition coefficient (Wildman–Crippen LogP) is 3.28. The molecule has 2 aliphatic rings. The van der Waals surface area contributed by atoms with E-state index < -0.39 is 0 Å². The third-order valence-electron chi connectivity index (χ3n) is 5.68. The first-order valence-corrected chi connectivity index (χ1v) is 8.76. The molecule has 1 aliphatic heterocycles. The second-order valence-electron chi connectivity index (χ2n) is 7.75. The number of carbonyl (C=O) groups is 2. The number of ketones is 1. The van der Waals surface area contributed by atoms with Crippen molar-refractivity contribution in [1.29, 1.82) is 0 Å². The minimum Gasteiger partial charge on any atom is -0.310 e. The summed E-state index contributed by atoms with van der Waals surface area (Å²) in [5, 5.41) is 3.46. The Morgan fingerprint density at radius 1 is 1.35 bits per heavy atom. The van der Waals surface area contributed by atoms with Crippen molar-refractivity contribution in [2.75, 3.05) is 6.54 Å². The summed E-state index contributed by atoms with van der Waals surface area (Å²) in [5.74, 6) is 0.262. The van der Waals surface area contributed by atoms with E-state index in [0.717, 1.165) is 18.9 Å². The van der Waals surface area contributed by atoms with Crippen LogP contribution in [0.5, 0.6) is 0 Å². The number of benzene rings is 1. The first-order valence-electron chi connectivity index (χ1n) is 8.76. The van der Waals surface area contributed by atoms with Crippen molar-refractivity contribution >= 4 is 12.1 Å². The molecule has 3 rings (SSSR count). The van der Waals surface area contributed by atoms with E-state index in [1.165, 1.54) is 35.1 Å². The number of rotatable bonds is 5. The lowest BCUT2D eigenvalue weighted by Gasteiger charge is -2.29. The SMILES string of the molecule is CCc1cc(C2CC2)cc(C)c1C1CNC(C)(C)C1C(=O)C=O. The second-order valence-corrected chi connectivity index (χ2v) is 7.75. The Kier molecular flexibility index (Phi) is 4.18. The fraction of sp³-hybridized carbons (Fsp3) is 0.600. The van der Waals surface area contributed by atoms with Gasteiger partial charge in [-0.2, -0.15) is 0 Å². The van der Waals surface area contributed by atoms with Crippen molar-refractivity contribution in [3.63, 3.8) is 0 Å². The first-order chi connectivity index (χ1) is 10.9. The smallest absolute Gasteiger partial charge is 0.200 e. The van der Waals surface area contributed by atoms with Gasteiger partial charge in [0.15, 0.2) is 6.29 Å². The molecule has 2 fully saturated rings. The molecule has 2 unspecified atom stereocenters. The monoisotopic (exact) mass is 313 g/mol. The number of hydrogen-bond donors (Lipinski definition) is 1. The Morgan fingerprint density at radius 2 is 2.04 bits per heavy atom. The highest BCUT2D eigenvalue weighted by Gasteiger charge is 2.47. The normalized spacial score (nSPS) is 26.3. The molecule has 0 aromatic heterocycles. The van der Waals surface area contributed by atoms with Gasteiger partial charge in [0.2, 0.25) is 5.78 Å². The third kappa shape index (κ3) is 2.87. The van der Waals surface area contributed by atoms with E-state index in [0.29, 0.717) is 6.29 Å². The van der Waals surface area contributed by atoms with E-state index in [2.05, 4.69) is 31.3 Å². The standard InChI is InChI=1S/C20H27NO2/c1-5-13-9-15(14-6-7-14)8-12(2)18(13)16-10-21-20(3,4)19(16)17(23)11-22/h8-9,11,14,16,19,21H,5-7,10H2,1-4H3. The first kappa shape index (κ1) is 16.4. The van der Waals surface area contributed by atoms with Crippen molar-refractivity contribution < 1.29 is 9.59 Å². The average Bonchev–Trinajstić information content (AvgIpc) is 3.30. The molecule has 3 heteroatoms. The number of hydrogen-bond acceptors (Lipinski definition) is 3. The van der Waals surface area contributed by atoms with E-state index in [1.54, 1.807) is 0 Å². The van der Waals surface area contributed by atoms with Gasteiger partial charge in [0.1, 0.15) is 0 Å². The molecule has 1 heterocycles. The summed E-state index contributed by atoms with van der Waals surface area (Å²) in [5.41, 5.74) is 5.02. The minimum atomic E-state index is -0.338. The average molecular weight is 313 g/mol. The summed E-state index contributed by atoms with van der Waals surface area (Å²) in [4.78, 5) is 23.5. The molecule has 124 valence electrons. The van der Waals surface area contributed by atoms with Crippen LogP contribution in [0.15, 0.2) is 12.1 Å². The van der Waals surface area contributed by atoms with Gasteiger partial charge in [-0.3, -0.25) is 9.59 Å². The molecule has 23 heavy (non-hydrogen) atoms. The molecule has 0 spiro atoms. The van der Waals surface area contributed by atoms with Crippen molar-refractivity contribution in [2.24, 2.45) is 5.92 Å². The van der Waals surface area contributed by atoms with Crippen LogP contribution in [-0.4, -0.2) is 24.2 Å². The number of aldehydes is 1. The molecule has 0 radical (unpaired) electrons. The maximum Gasteiger partial charge on any atom is 0.200 e. The van der Waals surface area contributed by atoms with E-state index >= 15 is 0 Å². The maximum absolute atomic E-state index is 12.3. The quantitative estimate of drug-likeness (QED) is 0.670. The lowest BCUT2D eigenvalue weighted by molar-refractivity contribution is -0.133. The highest BCUT2D eigenvalue weighted by Crippen LogP contribution is 2.45. The van der Waals surface area contributed by atoms with Crippen LogP contribution in [0.2, 0.25) is 0 Å². The van der Waals surface area contributed by atoms with Crippen LogP contribution >= 0.6 is 0 Å². The van der Waals surface area contributed by atoms with Crippen molar-refractivity contribution in [1.82, 2.24) is 5.32 Å². The van der Waals surface area contributed by atoms with E-state index in [-0.39, 0.29) is 23.2 Å². The molecule has 1 aliphatic carbocycles. The fourth-order valence-electron chi connectivity index (χ4n) is 4.38. The Balaban J connectivity index is 2.06. The van der Waals surface area contributed by atoms with Gasteiger partial charge in [0.05, 0.1) is 5.92 Å². The summed E-state index contributed by atoms with van der Waals surface area (Å²) >= 11 is 0. The summed E-state index contributed by atoms with van der Waals surface area (Å²) in [7, 11) is 0. The van der Waals surface area contributed by atoms with Gasteiger partial charge < -0.3 is 5.32 Å². The van der Waals surface area contributed by atoms with E-state index in [4.69, 9.17) is 0 Å². The summed E-state index contributed by atoms with van der Waals surface area (Å²) in [6, 6.07) is 4.65. The lowest BCUT2D eigenvalue weighted by atomic mass is 9.74. The zero-order chi connectivity index (χ0) is 16.8. The van der Waals surface area contributed by atoms with Gasteiger partial charge >= 0.3 is 0 Å². The molecule has 1 saturated carbocycles. The summed E-state index contributed by atoms with van der Waals surface area (Å²) < 4.78 is 0. The fourth-order valence-corrected chi connectivity index (χ4v) is 4.38. The summed E-state index contributed by atoms with van der Waals surface area (Å²) in [6.07, 6.45) is 4.07. The van der Waals surface area contributed by atoms with E-state index in [1.807, 2.05) is 13.8 Å². The van der Waals surface area contributed by atoms with Crippen LogP contribution in [0.4, 0.5) is 0 Å². The van der Waals surface area contributed by atoms with Crippen LogP contribution in [0.3, 0.4) is 0 Å². The van der Waals surface area contributed by atoms with Gasteiger partial charge in [-0.05, 0) is 68.2 Å². The number of nitrogens with one attached hydrogen (secondary N) is 1. The number of aryl methyl sites for hydroxylation is 2. The molecule has 2 atom stereocenters. The van der Waals surface area contributed by atoms with Gasteiger partial charge in [-0.15, -0.1) is 0 Å². The second kappa shape index (κ2) is 5.86. The molecule has 0 bridgehead atoms. The Morgan fingerprint density at radius 3 is 2.61 bits per heavy atom. The van der Waals surface area contributed by atoms with Gasteiger partial charge in [-0.1, -0.05) is 19.1 Å². The lowest BCUT2D eigenvalue weighted by Crippen LogP contribution is -2.42. The van der Waals surface area contributed by atoms with Crippen LogP contribution < -0.4 is 5.32 Å². The Hall–Kier alpha value is -1.48. The predicted molar refractivity (Wildman–Crippen MR) is 91.9 cm³/mol. The number of carbonyl (C=O) groups excluding carboxylic acids is 2. The maximum atomic E-state index is 12.3. The largest absolute Gasteiger partial charge is 0.310 e. The van der Waals surface area contributed by atoms with Gasteiger partial charge in [0, 0.05) is 18.0 Å². The number of Topliss-reactive ketones (excluding diaryl/α,β-unsaturated/α-hetero) is 1. The van der Waals surface area contributed by atoms with Gasteiger partial charge in [0.25, 0.3) is 0 Å². The third-order valence-corrected chi connectivity index (χ3v) is 5.68. The van der Waals surface area contributed by atoms with Crippen LogP contribution in [0.25, 0.3) is 0 Å². The van der Waals surface area contributed by atoms with Crippen molar-refractivity contribution in [3.8, 4) is 0 Å². The van der Waals surface area contributed by atoms with E-state index in [9.17, 15) is 9.59 Å². The molecule has 1 N–H and O–H groups in total. The van der Waals surface area contributed by atoms with Crippen molar-refractivity contribution in [3.05, 3.63) is 34.4 Å². The van der Waals surface area contributed by atoms with Gasteiger partial charge in [-0.25, -0.2) is 0 Å². The molecule has 0 amide bonds. The molecule has 1 aromatic carbocycles. The molecule has 3 nitrogen and oxygen atoms in total. The topological polar surface area (TPSA) is 46.2 Å². The zero-order valence-corrected chi connectivity index (χ0v) is 14.6. The minimum absolute atomic E-state index is 0.0888. The van der Waals surface area contributed by atoms with Crippen molar-refractivity contribution in [2.45, 2.75) is 64.3 Å². The molecule has 1 aromatic rings. The Bertz CT molecular complexity index is 643. The molecular weight excluding hydrogens is 286 g/mol. The highest BCUT2D eigenvalue weighted by atomic mass is 16.2. The van der Waals surface area contributed by atoms with Crippen LogP contribution in [0, 0.1) is 12.8 Å². The molecular formula is C20H27NO2. The van der Waals surface area contributed by atoms with Crippen LogP contribution in [-0.2, 0) is 16.0 Å². The Labute approximate surface area is 138 Å².